The standard InChI is InChI=1S/C11H15F3N2O2S/c1-2-5-15-6-7-16-19(17,18)9-4-3-8(12)10(13)11(9)14/h3-4,15-16H,2,5-7H2,1H3. The molecule has 0 saturated carbocycles. The molecule has 0 fully saturated rings. The average Bonchev–Trinajstić information content (AvgIpc) is 2.35. The van der Waals surface area contributed by atoms with Crippen LogP contribution in [0.15, 0.2) is 17.0 Å². The lowest BCUT2D eigenvalue weighted by Gasteiger charge is -2.08. The summed E-state index contributed by atoms with van der Waals surface area (Å²) in [7, 11) is -4.19. The molecule has 19 heavy (non-hydrogen) atoms. The summed E-state index contributed by atoms with van der Waals surface area (Å²) in [4.78, 5) is -0.901. The highest BCUT2D eigenvalue weighted by Gasteiger charge is 2.23. The van der Waals surface area contributed by atoms with Gasteiger partial charge in [-0.1, -0.05) is 6.92 Å². The third-order valence-corrected chi connectivity index (χ3v) is 3.79. The van der Waals surface area contributed by atoms with Crippen molar-refractivity contribution in [3.8, 4) is 0 Å². The van der Waals surface area contributed by atoms with E-state index in [1.54, 1.807) is 0 Å². The minimum atomic E-state index is -4.19. The summed E-state index contributed by atoms with van der Waals surface area (Å²) in [5, 5.41) is 2.94. The van der Waals surface area contributed by atoms with E-state index in [0.717, 1.165) is 13.0 Å². The zero-order chi connectivity index (χ0) is 14.5. The molecule has 0 aromatic heterocycles. The first-order valence-electron chi connectivity index (χ1n) is 5.74. The molecule has 1 aromatic carbocycles. The molecule has 4 nitrogen and oxygen atoms in total. The SMILES string of the molecule is CCCNCCNS(=O)(=O)c1ccc(F)c(F)c1F. The topological polar surface area (TPSA) is 58.2 Å². The summed E-state index contributed by atoms with van der Waals surface area (Å²) in [6.07, 6.45) is 0.893. The maximum atomic E-state index is 13.3. The second kappa shape index (κ2) is 6.88. The van der Waals surface area contributed by atoms with Crippen LogP contribution in [0.25, 0.3) is 0 Å². The molecule has 1 aromatic rings. The monoisotopic (exact) mass is 296 g/mol. The lowest BCUT2D eigenvalue weighted by molar-refractivity contribution is 0.431. The Bertz CT molecular complexity index is 535. The zero-order valence-corrected chi connectivity index (χ0v) is 11.2. The van der Waals surface area contributed by atoms with E-state index in [-0.39, 0.29) is 6.54 Å². The van der Waals surface area contributed by atoms with Crippen LogP contribution in [0.1, 0.15) is 13.3 Å². The summed E-state index contributed by atoms with van der Waals surface area (Å²) in [6, 6.07) is 1.26. The number of nitrogens with one attached hydrogen (secondary N) is 2. The van der Waals surface area contributed by atoms with Gasteiger partial charge in [-0.3, -0.25) is 0 Å². The molecular formula is C11H15F3N2O2S. The third-order valence-electron chi connectivity index (χ3n) is 2.31. The van der Waals surface area contributed by atoms with Gasteiger partial charge in [0.25, 0.3) is 0 Å². The van der Waals surface area contributed by atoms with Gasteiger partial charge in [-0.05, 0) is 25.1 Å². The van der Waals surface area contributed by atoms with Crippen LogP contribution >= 0.6 is 0 Å². The Balaban J connectivity index is 2.75. The van der Waals surface area contributed by atoms with Gasteiger partial charge >= 0.3 is 0 Å². The van der Waals surface area contributed by atoms with Gasteiger partial charge in [-0.15, -0.1) is 0 Å². The van der Waals surface area contributed by atoms with Crippen molar-refractivity contribution in [3.05, 3.63) is 29.6 Å². The van der Waals surface area contributed by atoms with Crippen LogP contribution in [0.5, 0.6) is 0 Å². The average molecular weight is 296 g/mol. The van der Waals surface area contributed by atoms with Crippen molar-refractivity contribution in [1.82, 2.24) is 10.0 Å². The van der Waals surface area contributed by atoms with Crippen LogP contribution in [-0.2, 0) is 10.0 Å². The van der Waals surface area contributed by atoms with Crippen molar-refractivity contribution in [3.63, 3.8) is 0 Å². The van der Waals surface area contributed by atoms with Gasteiger partial charge in [0, 0.05) is 13.1 Å². The van der Waals surface area contributed by atoms with Gasteiger partial charge in [0.15, 0.2) is 17.5 Å². The van der Waals surface area contributed by atoms with E-state index in [4.69, 9.17) is 0 Å². The van der Waals surface area contributed by atoms with Gasteiger partial charge < -0.3 is 5.32 Å². The molecule has 0 atom stereocenters. The van der Waals surface area contributed by atoms with Crippen LogP contribution in [0, 0.1) is 17.5 Å². The Kier molecular flexibility index (Phi) is 5.77. The normalized spacial score (nSPS) is 11.8. The summed E-state index contributed by atoms with van der Waals surface area (Å²) in [6.45, 7) is 3.06. The third kappa shape index (κ3) is 4.19. The number of rotatable bonds is 7. The van der Waals surface area contributed by atoms with Crippen molar-refractivity contribution in [1.29, 1.82) is 0 Å². The van der Waals surface area contributed by atoms with Gasteiger partial charge in [0.1, 0.15) is 4.90 Å². The second-order valence-corrected chi connectivity index (χ2v) is 5.56. The zero-order valence-electron chi connectivity index (χ0n) is 10.3. The number of hydrogen-bond acceptors (Lipinski definition) is 3. The van der Waals surface area contributed by atoms with Crippen molar-refractivity contribution >= 4 is 10.0 Å². The highest BCUT2D eigenvalue weighted by atomic mass is 32.2. The van der Waals surface area contributed by atoms with Gasteiger partial charge in [-0.25, -0.2) is 26.3 Å². The Morgan fingerprint density at radius 2 is 1.74 bits per heavy atom. The summed E-state index contributed by atoms with van der Waals surface area (Å²) >= 11 is 0. The Morgan fingerprint density at radius 3 is 2.37 bits per heavy atom. The lowest BCUT2D eigenvalue weighted by atomic mass is 10.3. The smallest absolute Gasteiger partial charge is 0.243 e. The first kappa shape index (κ1) is 15.9. The van der Waals surface area contributed by atoms with Gasteiger partial charge in [0.2, 0.25) is 10.0 Å². The predicted molar refractivity (Wildman–Crippen MR) is 64.7 cm³/mol. The molecule has 0 bridgehead atoms. The first-order chi connectivity index (χ1) is 8.90. The van der Waals surface area contributed by atoms with Crippen molar-refractivity contribution < 1.29 is 21.6 Å². The van der Waals surface area contributed by atoms with Gasteiger partial charge in [0.05, 0.1) is 0 Å². The molecule has 0 aliphatic heterocycles. The fourth-order valence-electron chi connectivity index (χ4n) is 1.37. The molecule has 1 rings (SSSR count). The van der Waals surface area contributed by atoms with E-state index in [2.05, 4.69) is 10.0 Å². The molecule has 0 radical (unpaired) electrons. The molecule has 108 valence electrons. The van der Waals surface area contributed by atoms with Crippen molar-refractivity contribution in [2.45, 2.75) is 18.2 Å². The Hall–Kier alpha value is -1.12. The van der Waals surface area contributed by atoms with E-state index < -0.39 is 32.4 Å². The highest BCUT2D eigenvalue weighted by Crippen LogP contribution is 2.19. The van der Waals surface area contributed by atoms with E-state index in [1.807, 2.05) is 6.92 Å². The molecule has 8 heteroatoms. The number of sulfonamides is 1. The highest BCUT2D eigenvalue weighted by molar-refractivity contribution is 7.89. The Morgan fingerprint density at radius 1 is 1.05 bits per heavy atom. The second-order valence-electron chi connectivity index (χ2n) is 3.82. The molecule has 0 aliphatic carbocycles. The van der Waals surface area contributed by atoms with E-state index in [9.17, 15) is 21.6 Å². The molecule has 0 aliphatic rings. The Labute approximate surface area is 110 Å². The van der Waals surface area contributed by atoms with Gasteiger partial charge in [-0.2, -0.15) is 0 Å². The molecule has 0 unspecified atom stereocenters. The van der Waals surface area contributed by atoms with Crippen LogP contribution < -0.4 is 10.0 Å². The molecule has 0 heterocycles. The van der Waals surface area contributed by atoms with Crippen LogP contribution in [0.2, 0.25) is 0 Å². The van der Waals surface area contributed by atoms with Crippen LogP contribution in [0.4, 0.5) is 13.2 Å². The maximum Gasteiger partial charge on any atom is 0.243 e. The van der Waals surface area contributed by atoms with Crippen molar-refractivity contribution in [2.24, 2.45) is 0 Å². The van der Waals surface area contributed by atoms with E-state index in [1.165, 1.54) is 0 Å². The molecule has 0 spiro atoms. The van der Waals surface area contributed by atoms with Crippen molar-refractivity contribution in [2.75, 3.05) is 19.6 Å². The lowest BCUT2D eigenvalue weighted by Crippen LogP contribution is -2.32. The first-order valence-corrected chi connectivity index (χ1v) is 7.22. The summed E-state index contributed by atoms with van der Waals surface area (Å²) in [5.41, 5.74) is 0. The number of halogens is 3. The molecule has 0 amide bonds. The van der Waals surface area contributed by atoms with E-state index in [0.29, 0.717) is 18.7 Å². The molecule has 2 N–H and O–H groups in total. The van der Waals surface area contributed by atoms with E-state index >= 15 is 0 Å². The predicted octanol–water partition coefficient (Wildman–Crippen LogP) is 1.38. The largest absolute Gasteiger partial charge is 0.315 e. The number of hydrogen-bond donors (Lipinski definition) is 2. The molecule has 0 saturated heterocycles. The summed E-state index contributed by atoms with van der Waals surface area (Å²) in [5.74, 6) is -4.94. The molecular weight excluding hydrogens is 281 g/mol. The fourth-order valence-corrected chi connectivity index (χ4v) is 2.47. The fraction of sp³-hybridized carbons (Fsp3) is 0.455. The number of benzene rings is 1. The maximum absolute atomic E-state index is 13.3. The summed E-state index contributed by atoms with van der Waals surface area (Å²) < 4.78 is 64.5. The minimum Gasteiger partial charge on any atom is -0.315 e. The quantitative estimate of drug-likeness (QED) is 0.590. The van der Waals surface area contributed by atoms with Crippen LogP contribution in [-0.4, -0.2) is 28.1 Å². The van der Waals surface area contributed by atoms with Crippen LogP contribution in [0.3, 0.4) is 0 Å². The minimum absolute atomic E-state index is 0.0285.